The van der Waals surface area contributed by atoms with Gasteiger partial charge >= 0.3 is 0 Å². The maximum Gasteiger partial charge on any atom is -0.0230 e. The van der Waals surface area contributed by atoms with Crippen LogP contribution in [-0.2, 0) is 0 Å². The van der Waals surface area contributed by atoms with Crippen LogP contribution in [0.3, 0.4) is 0 Å². The first kappa shape index (κ1) is 10.5. The Labute approximate surface area is 93.0 Å². The summed E-state index contributed by atoms with van der Waals surface area (Å²) < 4.78 is 0. The standard InChI is InChI=1S/C15H20/c1-2-5-9-14(8-4-1)12-13-15-10-6-3-7-11-15/h3,6-7,10-14H,1-2,4-5,8-9H2/b13-12+. The zero-order chi connectivity index (χ0) is 10.3. The second-order valence-electron chi connectivity index (χ2n) is 4.52. The molecule has 0 bridgehead atoms. The molecule has 15 heavy (non-hydrogen) atoms. The lowest BCUT2D eigenvalue weighted by molar-refractivity contribution is 0.561. The Bertz CT molecular complexity index is 289. The van der Waals surface area contributed by atoms with Crippen LogP contribution in [-0.4, -0.2) is 0 Å². The van der Waals surface area contributed by atoms with E-state index in [9.17, 15) is 0 Å². The van der Waals surface area contributed by atoms with Crippen LogP contribution >= 0.6 is 0 Å². The molecule has 0 amide bonds. The lowest BCUT2D eigenvalue weighted by atomic mass is 9.99. The van der Waals surface area contributed by atoms with Crippen molar-refractivity contribution < 1.29 is 0 Å². The van der Waals surface area contributed by atoms with Crippen LogP contribution in [0.5, 0.6) is 0 Å². The van der Waals surface area contributed by atoms with Crippen LogP contribution in [0.25, 0.3) is 6.08 Å². The molecule has 0 unspecified atom stereocenters. The summed E-state index contributed by atoms with van der Waals surface area (Å²) in [6.07, 6.45) is 13.2. The van der Waals surface area contributed by atoms with Crippen LogP contribution in [0.1, 0.15) is 44.1 Å². The van der Waals surface area contributed by atoms with Crippen LogP contribution in [0.2, 0.25) is 0 Å². The van der Waals surface area contributed by atoms with Gasteiger partial charge in [0.15, 0.2) is 0 Å². The molecule has 1 aromatic carbocycles. The summed E-state index contributed by atoms with van der Waals surface area (Å²) in [7, 11) is 0. The normalized spacial score (nSPS) is 19.2. The molecule has 80 valence electrons. The van der Waals surface area contributed by atoms with Crippen molar-refractivity contribution in [2.45, 2.75) is 38.5 Å². The predicted octanol–water partition coefficient (Wildman–Crippen LogP) is 4.67. The summed E-state index contributed by atoms with van der Waals surface area (Å²) in [6, 6.07) is 10.6. The average Bonchev–Trinajstić information content (AvgIpc) is 2.56. The molecule has 1 saturated carbocycles. The van der Waals surface area contributed by atoms with E-state index in [4.69, 9.17) is 0 Å². The fourth-order valence-electron chi connectivity index (χ4n) is 2.31. The van der Waals surface area contributed by atoms with E-state index in [2.05, 4.69) is 42.5 Å². The summed E-state index contributed by atoms with van der Waals surface area (Å²) in [5.41, 5.74) is 1.33. The van der Waals surface area contributed by atoms with Crippen molar-refractivity contribution in [1.82, 2.24) is 0 Å². The molecule has 0 aliphatic heterocycles. The first-order chi connectivity index (χ1) is 7.45. The second-order valence-corrected chi connectivity index (χ2v) is 4.52. The molecule has 0 radical (unpaired) electrons. The summed E-state index contributed by atoms with van der Waals surface area (Å²) >= 11 is 0. The minimum absolute atomic E-state index is 0.827. The molecule has 0 heteroatoms. The van der Waals surface area contributed by atoms with Crippen molar-refractivity contribution in [3.05, 3.63) is 42.0 Å². The van der Waals surface area contributed by atoms with Gasteiger partial charge in [0.2, 0.25) is 0 Å². The van der Waals surface area contributed by atoms with Gasteiger partial charge in [-0.2, -0.15) is 0 Å². The predicted molar refractivity (Wildman–Crippen MR) is 66.7 cm³/mol. The van der Waals surface area contributed by atoms with E-state index in [1.165, 1.54) is 44.1 Å². The summed E-state index contributed by atoms with van der Waals surface area (Å²) in [5.74, 6) is 0.827. The van der Waals surface area contributed by atoms with Crippen molar-refractivity contribution in [2.24, 2.45) is 5.92 Å². The Hall–Kier alpha value is -1.04. The minimum Gasteiger partial charge on any atom is -0.0808 e. The van der Waals surface area contributed by atoms with Crippen molar-refractivity contribution in [3.63, 3.8) is 0 Å². The third-order valence-corrected chi connectivity index (χ3v) is 3.26. The molecule has 2 rings (SSSR count). The van der Waals surface area contributed by atoms with Gasteiger partial charge in [0.05, 0.1) is 0 Å². The average molecular weight is 200 g/mol. The molecule has 0 N–H and O–H groups in total. The Morgan fingerprint density at radius 3 is 2.20 bits per heavy atom. The van der Waals surface area contributed by atoms with Crippen LogP contribution in [0.15, 0.2) is 36.4 Å². The molecular formula is C15H20. The van der Waals surface area contributed by atoms with Crippen molar-refractivity contribution >= 4 is 6.08 Å². The number of hydrogen-bond acceptors (Lipinski definition) is 0. The number of rotatable bonds is 2. The molecule has 0 aromatic heterocycles. The molecular weight excluding hydrogens is 180 g/mol. The summed E-state index contributed by atoms with van der Waals surface area (Å²) in [6.45, 7) is 0. The largest absolute Gasteiger partial charge is 0.0808 e. The summed E-state index contributed by atoms with van der Waals surface area (Å²) in [4.78, 5) is 0. The zero-order valence-corrected chi connectivity index (χ0v) is 9.36. The van der Waals surface area contributed by atoms with Crippen LogP contribution in [0.4, 0.5) is 0 Å². The third kappa shape index (κ3) is 3.54. The molecule has 0 spiro atoms. The lowest BCUT2D eigenvalue weighted by Gasteiger charge is -2.07. The van der Waals surface area contributed by atoms with Gasteiger partial charge in [-0.1, -0.05) is 68.2 Å². The highest BCUT2D eigenvalue weighted by atomic mass is 14.1. The van der Waals surface area contributed by atoms with E-state index >= 15 is 0 Å². The minimum atomic E-state index is 0.827. The quantitative estimate of drug-likeness (QED) is 0.608. The van der Waals surface area contributed by atoms with Crippen molar-refractivity contribution in [2.75, 3.05) is 0 Å². The van der Waals surface area contributed by atoms with Gasteiger partial charge in [0, 0.05) is 0 Å². The first-order valence-corrected chi connectivity index (χ1v) is 6.18. The molecule has 0 atom stereocenters. The highest BCUT2D eigenvalue weighted by Crippen LogP contribution is 2.24. The molecule has 1 aromatic rings. The molecule has 1 aliphatic carbocycles. The van der Waals surface area contributed by atoms with Gasteiger partial charge in [-0.05, 0) is 24.3 Å². The van der Waals surface area contributed by atoms with Gasteiger partial charge in [-0.15, -0.1) is 0 Å². The Balaban J connectivity index is 1.92. The van der Waals surface area contributed by atoms with E-state index in [0.717, 1.165) is 5.92 Å². The summed E-state index contributed by atoms with van der Waals surface area (Å²) in [5, 5.41) is 0. The van der Waals surface area contributed by atoms with E-state index in [1.54, 1.807) is 0 Å². The molecule has 1 fully saturated rings. The van der Waals surface area contributed by atoms with Crippen LogP contribution < -0.4 is 0 Å². The fraction of sp³-hybridized carbons (Fsp3) is 0.467. The number of hydrogen-bond donors (Lipinski definition) is 0. The van der Waals surface area contributed by atoms with E-state index < -0.39 is 0 Å². The highest BCUT2D eigenvalue weighted by Gasteiger charge is 2.08. The second kappa shape index (κ2) is 5.75. The Morgan fingerprint density at radius 2 is 1.53 bits per heavy atom. The monoisotopic (exact) mass is 200 g/mol. The number of allylic oxidation sites excluding steroid dienone is 1. The van der Waals surface area contributed by atoms with Gasteiger partial charge < -0.3 is 0 Å². The Morgan fingerprint density at radius 1 is 0.867 bits per heavy atom. The van der Waals surface area contributed by atoms with Gasteiger partial charge in [0.1, 0.15) is 0 Å². The maximum absolute atomic E-state index is 2.42. The van der Waals surface area contributed by atoms with Gasteiger partial charge in [-0.3, -0.25) is 0 Å². The van der Waals surface area contributed by atoms with E-state index in [0.29, 0.717) is 0 Å². The zero-order valence-electron chi connectivity index (χ0n) is 9.36. The lowest BCUT2D eigenvalue weighted by Crippen LogP contribution is -1.92. The van der Waals surface area contributed by atoms with Gasteiger partial charge in [0.25, 0.3) is 0 Å². The highest BCUT2D eigenvalue weighted by molar-refractivity contribution is 5.48. The SMILES string of the molecule is C(=C\C1CCCCCC1)/c1ccccc1. The van der Waals surface area contributed by atoms with Crippen molar-refractivity contribution in [3.8, 4) is 0 Å². The Kier molecular flexibility index (Phi) is 4.01. The molecule has 0 nitrogen and oxygen atoms in total. The molecule has 1 aliphatic rings. The van der Waals surface area contributed by atoms with E-state index in [-0.39, 0.29) is 0 Å². The first-order valence-electron chi connectivity index (χ1n) is 6.18. The smallest absolute Gasteiger partial charge is 0.0230 e. The molecule has 0 heterocycles. The van der Waals surface area contributed by atoms with Crippen LogP contribution in [0, 0.1) is 5.92 Å². The number of benzene rings is 1. The van der Waals surface area contributed by atoms with E-state index in [1.807, 2.05) is 0 Å². The molecule has 0 saturated heterocycles. The topological polar surface area (TPSA) is 0 Å². The van der Waals surface area contributed by atoms with Gasteiger partial charge in [-0.25, -0.2) is 0 Å². The maximum atomic E-state index is 2.42. The third-order valence-electron chi connectivity index (χ3n) is 3.26. The van der Waals surface area contributed by atoms with Crippen molar-refractivity contribution in [1.29, 1.82) is 0 Å². The fourth-order valence-corrected chi connectivity index (χ4v) is 2.31.